The van der Waals surface area contributed by atoms with E-state index in [4.69, 9.17) is 5.26 Å². The molecule has 4 nitrogen and oxygen atoms in total. The average Bonchev–Trinajstić information content (AvgIpc) is 2.68. The Morgan fingerprint density at radius 2 is 1.95 bits per heavy atom. The molecule has 0 radical (unpaired) electrons. The summed E-state index contributed by atoms with van der Waals surface area (Å²) in [6, 6.07) is 9.77. The Labute approximate surface area is 113 Å². The molecule has 0 bridgehead atoms. The van der Waals surface area contributed by atoms with Gasteiger partial charge in [-0.15, -0.1) is 0 Å². The van der Waals surface area contributed by atoms with Gasteiger partial charge in [-0.05, 0) is 38.6 Å². The van der Waals surface area contributed by atoms with Gasteiger partial charge in [0, 0.05) is 17.8 Å². The van der Waals surface area contributed by atoms with Gasteiger partial charge in [0.1, 0.15) is 0 Å². The first-order valence-electron chi connectivity index (χ1n) is 6.32. The monoisotopic (exact) mass is 254 g/mol. The van der Waals surface area contributed by atoms with Crippen LogP contribution in [-0.2, 0) is 13.1 Å². The zero-order valence-electron chi connectivity index (χ0n) is 11.6. The first kappa shape index (κ1) is 13.3. The number of hydrogen-bond donors (Lipinski definition) is 1. The van der Waals surface area contributed by atoms with Crippen LogP contribution in [0, 0.1) is 25.2 Å². The van der Waals surface area contributed by atoms with E-state index in [0.29, 0.717) is 5.56 Å². The van der Waals surface area contributed by atoms with E-state index in [-0.39, 0.29) is 0 Å². The van der Waals surface area contributed by atoms with E-state index >= 15 is 0 Å². The number of nitriles is 1. The van der Waals surface area contributed by atoms with Crippen molar-refractivity contribution in [2.75, 3.05) is 7.05 Å². The molecule has 0 aliphatic carbocycles. The molecule has 19 heavy (non-hydrogen) atoms. The predicted molar refractivity (Wildman–Crippen MR) is 74.7 cm³/mol. The number of rotatable bonds is 4. The maximum atomic E-state index is 8.79. The van der Waals surface area contributed by atoms with E-state index in [9.17, 15) is 0 Å². The van der Waals surface area contributed by atoms with Crippen LogP contribution in [0.3, 0.4) is 0 Å². The molecular formula is C15H18N4. The Balaban J connectivity index is 2.23. The normalized spacial score (nSPS) is 10.4. The smallest absolute Gasteiger partial charge is 0.0991 e. The molecule has 0 aliphatic rings. The van der Waals surface area contributed by atoms with Crippen molar-refractivity contribution in [1.82, 2.24) is 15.1 Å². The summed E-state index contributed by atoms with van der Waals surface area (Å²) in [6.07, 6.45) is 0. The van der Waals surface area contributed by atoms with Gasteiger partial charge in [0.25, 0.3) is 0 Å². The van der Waals surface area contributed by atoms with Crippen LogP contribution in [0.2, 0.25) is 0 Å². The highest BCUT2D eigenvalue weighted by atomic mass is 15.3. The molecule has 1 aromatic carbocycles. The lowest BCUT2D eigenvalue weighted by atomic mass is 10.1. The summed E-state index contributed by atoms with van der Waals surface area (Å²) in [4.78, 5) is 0. The lowest BCUT2D eigenvalue weighted by Gasteiger charge is -2.06. The van der Waals surface area contributed by atoms with Gasteiger partial charge in [-0.1, -0.05) is 12.1 Å². The second-order valence-electron chi connectivity index (χ2n) is 4.65. The molecule has 0 spiro atoms. The molecule has 0 saturated carbocycles. The fourth-order valence-electron chi connectivity index (χ4n) is 2.18. The maximum absolute atomic E-state index is 8.79. The van der Waals surface area contributed by atoms with Crippen molar-refractivity contribution >= 4 is 0 Å². The molecule has 1 aromatic heterocycles. The van der Waals surface area contributed by atoms with E-state index in [2.05, 4.69) is 23.4 Å². The Morgan fingerprint density at radius 1 is 1.26 bits per heavy atom. The lowest BCUT2D eigenvalue weighted by molar-refractivity contribution is 0.657. The standard InChI is InChI=1S/C15H18N4/c1-11-15(9-17-3)12(2)19(18-11)10-14-6-4-13(8-16)5-7-14/h4-7,17H,9-10H2,1-3H3. The summed E-state index contributed by atoms with van der Waals surface area (Å²) in [6.45, 7) is 5.71. The van der Waals surface area contributed by atoms with Gasteiger partial charge >= 0.3 is 0 Å². The summed E-state index contributed by atoms with van der Waals surface area (Å²) >= 11 is 0. The van der Waals surface area contributed by atoms with Crippen LogP contribution in [-0.4, -0.2) is 16.8 Å². The second kappa shape index (κ2) is 5.68. The van der Waals surface area contributed by atoms with Gasteiger partial charge in [0.05, 0.1) is 23.9 Å². The van der Waals surface area contributed by atoms with Crippen molar-refractivity contribution in [2.24, 2.45) is 0 Å². The molecule has 98 valence electrons. The molecule has 4 heteroatoms. The van der Waals surface area contributed by atoms with Crippen molar-refractivity contribution in [3.8, 4) is 6.07 Å². The van der Waals surface area contributed by atoms with E-state index in [1.165, 1.54) is 11.3 Å². The van der Waals surface area contributed by atoms with Crippen molar-refractivity contribution < 1.29 is 0 Å². The Morgan fingerprint density at radius 3 is 2.53 bits per heavy atom. The van der Waals surface area contributed by atoms with Gasteiger partial charge < -0.3 is 5.32 Å². The predicted octanol–water partition coefficient (Wildman–Crippen LogP) is 2.14. The number of benzene rings is 1. The van der Waals surface area contributed by atoms with Crippen LogP contribution in [0.1, 0.15) is 28.1 Å². The van der Waals surface area contributed by atoms with Crippen molar-refractivity contribution in [3.63, 3.8) is 0 Å². The van der Waals surface area contributed by atoms with Crippen LogP contribution in [0.15, 0.2) is 24.3 Å². The molecule has 0 atom stereocenters. The number of nitrogens with zero attached hydrogens (tertiary/aromatic N) is 3. The van der Waals surface area contributed by atoms with Gasteiger partial charge in [-0.2, -0.15) is 10.4 Å². The first-order valence-corrected chi connectivity index (χ1v) is 6.32. The van der Waals surface area contributed by atoms with E-state index < -0.39 is 0 Å². The molecule has 0 amide bonds. The molecule has 2 rings (SSSR count). The van der Waals surface area contributed by atoms with Gasteiger partial charge in [-0.3, -0.25) is 4.68 Å². The van der Waals surface area contributed by atoms with Crippen LogP contribution < -0.4 is 5.32 Å². The average molecular weight is 254 g/mol. The summed E-state index contributed by atoms with van der Waals surface area (Å²) < 4.78 is 2.02. The summed E-state index contributed by atoms with van der Waals surface area (Å²) in [5.74, 6) is 0. The highest BCUT2D eigenvalue weighted by Gasteiger charge is 2.10. The second-order valence-corrected chi connectivity index (χ2v) is 4.65. The summed E-state index contributed by atoms with van der Waals surface area (Å²) in [7, 11) is 1.94. The van der Waals surface area contributed by atoms with Crippen LogP contribution >= 0.6 is 0 Å². The molecule has 0 unspecified atom stereocenters. The number of nitrogens with one attached hydrogen (secondary N) is 1. The van der Waals surface area contributed by atoms with E-state index in [0.717, 1.165) is 24.3 Å². The maximum Gasteiger partial charge on any atom is 0.0991 e. The molecule has 0 fully saturated rings. The van der Waals surface area contributed by atoms with Crippen LogP contribution in [0.4, 0.5) is 0 Å². The van der Waals surface area contributed by atoms with Crippen molar-refractivity contribution in [1.29, 1.82) is 5.26 Å². The third-order valence-corrected chi connectivity index (χ3v) is 3.30. The van der Waals surface area contributed by atoms with E-state index in [1.807, 2.05) is 42.9 Å². The van der Waals surface area contributed by atoms with Crippen molar-refractivity contribution in [2.45, 2.75) is 26.9 Å². The number of aryl methyl sites for hydroxylation is 1. The minimum absolute atomic E-state index is 0.688. The minimum atomic E-state index is 0.688. The fraction of sp³-hybridized carbons (Fsp3) is 0.333. The molecule has 2 aromatic rings. The zero-order chi connectivity index (χ0) is 13.8. The minimum Gasteiger partial charge on any atom is -0.316 e. The van der Waals surface area contributed by atoms with Gasteiger partial charge in [0.2, 0.25) is 0 Å². The Hall–Kier alpha value is -2.12. The highest BCUT2D eigenvalue weighted by molar-refractivity contribution is 5.32. The molecule has 1 heterocycles. The largest absolute Gasteiger partial charge is 0.316 e. The number of aromatic nitrogens is 2. The van der Waals surface area contributed by atoms with Gasteiger partial charge in [0.15, 0.2) is 0 Å². The van der Waals surface area contributed by atoms with E-state index in [1.54, 1.807) is 0 Å². The Bertz CT molecular complexity index is 602. The first-order chi connectivity index (χ1) is 9.15. The fourth-order valence-corrected chi connectivity index (χ4v) is 2.18. The Kier molecular flexibility index (Phi) is 3.98. The topological polar surface area (TPSA) is 53.6 Å². The summed E-state index contributed by atoms with van der Waals surface area (Å²) in [5.41, 5.74) is 5.36. The molecule has 1 N–H and O–H groups in total. The van der Waals surface area contributed by atoms with Crippen LogP contribution in [0.25, 0.3) is 0 Å². The van der Waals surface area contributed by atoms with Crippen molar-refractivity contribution in [3.05, 3.63) is 52.3 Å². The van der Waals surface area contributed by atoms with Crippen LogP contribution in [0.5, 0.6) is 0 Å². The molecule has 0 aliphatic heterocycles. The molecular weight excluding hydrogens is 236 g/mol. The third-order valence-electron chi connectivity index (χ3n) is 3.30. The summed E-state index contributed by atoms with van der Waals surface area (Å²) in [5, 5.41) is 16.5. The zero-order valence-corrected chi connectivity index (χ0v) is 11.6. The number of hydrogen-bond acceptors (Lipinski definition) is 3. The molecule has 0 saturated heterocycles. The highest BCUT2D eigenvalue weighted by Crippen LogP contribution is 2.14. The quantitative estimate of drug-likeness (QED) is 0.909. The van der Waals surface area contributed by atoms with Gasteiger partial charge in [-0.25, -0.2) is 0 Å². The SMILES string of the molecule is CNCc1c(C)nn(Cc2ccc(C#N)cc2)c1C. The lowest BCUT2D eigenvalue weighted by Crippen LogP contribution is -2.08. The third kappa shape index (κ3) is 2.83.